The van der Waals surface area contributed by atoms with E-state index in [4.69, 9.17) is 21.8 Å². The Labute approximate surface area is 110 Å². The van der Waals surface area contributed by atoms with Crippen LogP contribution < -0.4 is 5.73 Å². The van der Waals surface area contributed by atoms with Crippen LogP contribution in [0.5, 0.6) is 0 Å². The van der Waals surface area contributed by atoms with Crippen LogP contribution in [0.1, 0.15) is 5.76 Å². The molecule has 0 radical (unpaired) electrons. The van der Waals surface area contributed by atoms with Crippen molar-refractivity contribution in [3.05, 3.63) is 53.4 Å². The number of thioether (sulfide) groups is 1. The normalized spacial score (nSPS) is 12.6. The molecule has 90 valence electrons. The van der Waals surface area contributed by atoms with E-state index in [2.05, 4.69) is 0 Å². The molecule has 1 heterocycles. The van der Waals surface area contributed by atoms with Crippen LogP contribution in [0.15, 0.2) is 52.0 Å². The number of rotatable bonds is 5. The van der Waals surface area contributed by atoms with Crippen LogP contribution in [-0.4, -0.2) is 11.8 Å². The summed E-state index contributed by atoms with van der Waals surface area (Å²) in [5.41, 5.74) is 6.04. The van der Waals surface area contributed by atoms with Crippen LogP contribution in [-0.2, 0) is 6.42 Å². The highest BCUT2D eigenvalue weighted by Crippen LogP contribution is 2.21. The maximum absolute atomic E-state index is 6.04. The highest BCUT2D eigenvalue weighted by Gasteiger charge is 2.06. The number of hydrogen-bond acceptors (Lipinski definition) is 3. The third-order valence-electron chi connectivity index (χ3n) is 2.32. The van der Waals surface area contributed by atoms with Gasteiger partial charge >= 0.3 is 0 Å². The molecule has 2 aromatic rings. The maximum Gasteiger partial charge on any atom is 0.105 e. The lowest BCUT2D eigenvalue weighted by Gasteiger charge is -2.09. The molecular weight excluding hydrogens is 254 g/mol. The molecule has 2 N–H and O–H groups in total. The molecule has 0 bridgehead atoms. The summed E-state index contributed by atoms with van der Waals surface area (Å²) >= 11 is 7.56. The zero-order valence-electron chi connectivity index (χ0n) is 9.30. The Bertz CT molecular complexity index is 441. The summed E-state index contributed by atoms with van der Waals surface area (Å²) < 4.78 is 5.27. The van der Waals surface area contributed by atoms with E-state index < -0.39 is 0 Å². The number of benzene rings is 1. The summed E-state index contributed by atoms with van der Waals surface area (Å²) in [4.78, 5) is 1.18. The molecule has 1 unspecified atom stereocenters. The minimum Gasteiger partial charge on any atom is -0.469 e. The molecule has 0 fully saturated rings. The fourth-order valence-electron chi connectivity index (χ4n) is 1.48. The molecule has 0 aliphatic carbocycles. The molecular formula is C13H14ClNOS. The summed E-state index contributed by atoms with van der Waals surface area (Å²) in [6.45, 7) is 0. The summed E-state index contributed by atoms with van der Waals surface area (Å²) in [6.07, 6.45) is 2.45. The van der Waals surface area contributed by atoms with Gasteiger partial charge in [0.05, 0.1) is 6.26 Å². The molecule has 0 amide bonds. The molecule has 17 heavy (non-hydrogen) atoms. The van der Waals surface area contributed by atoms with Crippen molar-refractivity contribution in [1.29, 1.82) is 0 Å². The van der Waals surface area contributed by atoms with E-state index in [1.165, 1.54) is 4.90 Å². The van der Waals surface area contributed by atoms with E-state index >= 15 is 0 Å². The number of halogens is 1. The van der Waals surface area contributed by atoms with E-state index in [1.807, 2.05) is 36.4 Å². The van der Waals surface area contributed by atoms with E-state index in [0.717, 1.165) is 23.0 Å². The molecule has 0 saturated carbocycles. The lowest BCUT2D eigenvalue weighted by molar-refractivity contribution is 0.493. The Morgan fingerprint density at radius 2 is 2.00 bits per heavy atom. The number of hydrogen-bond donors (Lipinski definition) is 1. The molecule has 0 aliphatic heterocycles. The largest absolute Gasteiger partial charge is 0.469 e. The average Bonchev–Trinajstić information content (AvgIpc) is 2.81. The first-order valence-corrected chi connectivity index (χ1v) is 6.77. The Morgan fingerprint density at radius 3 is 2.65 bits per heavy atom. The first-order valence-electron chi connectivity index (χ1n) is 5.40. The van der Waals surface area contributed by atoms with Crippen molar-refractivity contribution in [1.82, 2.24) is 0 Å². The summed E-state index contributed by atoms with van der Waals surface area (Å²) in [6, 6.07) is 11.7. The zero-order valence-corrected chi connectivity index (χ0v) is 10.9. The second-order valence-corrected chi connectivity index (χ2v) is 5.34. The molecule has 2 rings (SSSR count). The molecule has 0 aliphatic rings. The van der Waals surface area contributed by atoms with Crippen LogP contribution in [0.4, 0.5) is 0 Å². The fourth-order valence-corrected chi connectivity index (χ4v) is 2.46. The van der Waals surface area contributed by atoms with E-state index in [-0.39, 0.29) is 6.04 Å². The van der Waals surface area contributed by atoms with Gasteiger partial charge in [0, 0.05) is 28.1 Å². The quantitative estimate of drug-likeness (QED) is 0.842. The van der Waals surface area contributed by atoms with Crippen molar-refractivity contribution in [3.63, 3.8) is 0 Å². The highest BCUT2D eigenvalue weighted by molar-refractivity contribution is 7.99. The van der Waals surface area contributed by atoms with Gasteiger partial charge < -0.3 is 10.2 Å². The lowest BCUT2D eigenvalue weighted by atomic mass is 10.2. The molecule has 0 saturated heterocycles. The molecule has 1 aromatic carbocycles. The smallest absolute Gasteiger partial charge is 0.105 e. The average molecular weight is 268 g/mol. The van der Waals surface area contributed by atoms with Crippen molar-refractivity contribution < 1.29 is 4.42 Å². The van der Waals surface area contributed by atoms with E-state index in [1.54, 1.807) is 18.0 Å². The van der Waals surface area contributed by atoms with Crippen LogP contribution in [0, 0.1) is 0 Å². The Kier molecular flexibility index (Phi) is 4.54. The van der Waals surface area contributed by atoms with Gasteiger partial charge in [0.2, 0.25) is 0 Å². The molecule has 0 spiro atoms. The van der Waals surface area contributed by atoms with Crippen LogP contribution in [0.2, 0.25) is 5.02 Å². The Morgan fingerprint density at radius 1 is 1.24 bits per heavy atom. The second-order valence-electron chi connectivity index (χ2n) is 3.81. The Balaban J connectivity index is 1.79. The minimum absolute atomic E-state index is 0.0989. The van der Waals surface area contributed by atoms with Gasteiger partial charge in [-0.25, -0.2) is 0 Å². The van der Waals surface area contributed by atoms with Gasteiger partial charge in [-0.05, 0) is 36.4 Å². The van der Waals surface area contributed by atoms with Gasteiger partial charge in [-0.1, -0.05) is 11.6 Å². The van der Waals surface area contributed by atoms with E-state index in [0.29, 0.717) is 0 Å². The first-order chi connectivity index (χ1) is 8.24. The number of furan rings is 1. The van der Waals surface area contributed by atoms with Gasteiger partial charge in [-0.3, -0.25) is 0 Å². The van der Waals surface area contributed by atoms with Gasteiger partial charge in [-0.2, -0.15) is 0 Å². The fraction of sp³-hybridized carbons (Fsp3) is 0.231. The highest BCUT2D eigenvalue weighted by atomic mass is 35.5. The van der Waals surface area contributed by atoms with Gasteiger partial charge in [0.25, 0.3) is 0 Å². The van der Waals surface area contributed by atoms with Crippen LogP contribution >= 0.6 is 23.4 Å². The maximum atomic E-state index is 6.04. The molecule has 1 aromatic heterocycles. The Hall–Kier alpha value is -0.900. The third-order valence-corrected chi connectivity index (χ3v) is 3.77. The van der Waals surface area contributed by atoms with Crippen LogP contribution in [0.3, 0.4) is 0 Å². The van der Waals surface area contributed by atoms with Gasteiger partial charge in [0.15, 0.2) is 0 Å². The van der Waals surface area contributed by atoms with Gasteiger partial charge in [-0.15, -0.1) is 11.8 Å². The van der Waals surface area contributed by atoms with Crippen molar-refractivity contribution in [2.75, 3.05) is 5.75 Å². The van der Waals surface area contributed by atoms with Crippen molar-refractivity contribution in [2.45, 2.75) is 17.4 Å². The molecule has 1 atom stereocenters. The van der Waals surface area contributed by atoms with Crippen molar-refractivity contribution >= 4 is 23.4 Å². The second kappa shape index (κ2) is 6.15. The standard InChI is InChI=1S/C13H14ClNOS/c14-10-3-5-13(6-4-10)17-9-11(15)8-12-2-1-7-16-12/h1-7,11H,8-9,15H2. The van der Waals surface area contributed by atoms with E-state index in [9.17, 15) is 0 Å². The van der Waals surface area contributed by atoms with Crippen molar-refractivity contribution in [3.8, 4) is 0 Å². The van der Waals surface area contributed by atoms with Gasteiger partial charge in [0.1, 0.15) is 5.76 Å². The summed E-state index contributed by atoms with van der Waals surface area (Å²) in [7, 11) is 0. The molecule has 2 nitrogen and oxygen atoms in total. The first kappa shape index (κ1) is 12.6. The lowest BCUT2D eigenvalue weighted by Crippen LogP contribution is -2.25. The predicted molar refractivity (Wildman–Crippen MR) is 72.6 cm³/mol. The minimum atomic E-state index is 0.0989. The third kappa shape index (κ3) is 4.11. The monoisotopic (exact) mass is 267 g/mol. The topological polar surface area (TPSA) is 39.2 Å². The van der Waals surface area contributed by atoms with Crippen LogP contribution in [0.25, 0.3) is 0 Å². The predicted octanol–water partition coefficient (Wildman–Crippen LogP) is 3.60. The van der Waals surface area contributed by atoms with Crippen molar-refractivity contribution in [2.24, 2.45) is 5.73 Å². The number of nitrogens with two attached hydrogens (primary N) is 1. The summed E-state index contributed by atoms with van der Waals surface area (Å²) in [5.74, 6) is 1.80. The molecule has 4 heteroatoms. The zero-order chi connectivity index (χ0) is 12.1. The SMILES string of the molecule is NC(CSc1ccc(Cl)cc1)Cc1ccco1. The summed E-state index contributed by atoms with van der Waals surface area (Å²) in [5, 5.41) is 0.759.